The zero-order chi connectivity index (χ0) is 21.7. The number of allylic oxidation sites excluding steroid dienone is 1. The number of nitrogens with zero attached hydrogens (tertiary/aromatic N) is 2. The van der Waals surface area contributed by atoms with Crippen molar-refractivity contribution in [1.82, 2.24) is 0 Å². The van der Waals surface area contributed by atoms with Gasteiger partial charge in [-0.1, -0.05) is 18.2 Å². The standard InChI is InChI=1S/C20H13N3O7/c24-18(19-2-1-9-30-19)8-5-13-3-6-15(7-4-13)21-20(25)14-10-16(22(26)27)12-17(11-14)23(28)29/h1-12H,(H,21,25). The van der Waals surface area contributed by atoms with Crippen LogP contribution in [0.25, 0.3) is 6.08 Å². The van der Waals surface area contributed by atoms with E-state index in [0.717, 1.165) is 18.2 Å². The van der Waals surface area contributed by atoms with E-state index in [2.05, 4.69) is 5.32 Å². The highest BCUT2D eigenvalue weighted by Gasteiger charge is 2.20. The number of carbonyl (C=O) groups is 2. The maximum absolute atomic E-state index is 12.4. The number of ketones is 1. The smallest absolute Gasteiger partial charge is 0.277 e. The average Bonchev–Trinajstić information content (AvgIpc) is 3.27. The van der Waals surface area contributed by atoms with Crippen molar-refractivity contribution < 1.29 is 23.9 Å². The lowest BCUT2D eigenvalue weighted by Crippen LogP contribution is -2.12. The molecule has 1 amide bonds. The number of hydrogen-bond acceptors (Lipinski definition) is 7. The van der Waals surface area contributed by atoms with E-state index in [-0.39, 0.29) is 17.1 Å². The van der Waals surface area contributed by atoms with Crippen molar-refractivity contribution in [2.45, 2.75) is 0 Å². The van der Waals surface area contributed by atoms with Crippen molar-refractivity contribution in [1.29, 1.82) is 0 Å². The second-order valence-corrected chi connectivity index (χ2v) is 6.00. The molecule has 0 unspecified atom stereocenters. The third kappa shape index (κ3) is 4.81. The van der Waals surface area contributed by atoms with E-state index >= 15 is 0 Å². The third-order valence-corrected chi connectivity index (χ3v) is 3.95. The first-order chi connectivity index (χ1) is 14.3. The van der Waals surface area contributed by atoms with Crippen molar-refractivity contribution in [3.63, 3.8) is 0 Å². The quantitative estimate of drug-likeness (QED) is 0.267. The predicted octanol–water partition coefficient (Wildman–Crippen LogP) is 4.24. The van der Waals surface area contributed by atoms with Gasteiger partial charge in [0.15, 0.2) is 5.76 Å². The second kappa shape index (κ2) is 8.61. The fourth-order valence-electron chi connectivity index (χ4n) is 2.49. The molecule has 0 fully saturated rings. The number of nitro groups is 2. The zero-order valence-electron chi connectivity index (χ0n) is 15.2. The van der Waals surface area contributed by atoms with Crippen LogP contribution in [-0.2, 0) is 0 Å². The first-order valence-electron chi connectivity index (χ1n) is 8.45. The van der Waals surface area contributed by atoms with Crippen LogP contribution in [0.1, 0.15) is 26.5 Å². The number of carbonyl (C=O) groups excluding carboxylic acids is 2. The number of amides is 1. The Bertz CT molecular complexity index is 1120. The van der Waals surface area contributed by atoms with Gasteiger partial charge < -0.3 is 9.73 Å². The Morgan fingerprint density at radius 1 is 0.933 bits per heavy atom. The van der Waals surface area contributed by atoms with Crippen LogP contribution in [0.5, 0.6) is 0 Å². The summed E-state index contributed by atoms with van der Waals surface area (Å²) in [4.78, 5) is 44.5. The molecular formula is C20H13N3O7. The molecule has 0 spiro atoms. The van der Waals surface area contributed by atoms with Crippen LogP contribution < -0.4 is 5.32 Å². The third-order valence-electron chi connectivity index (χ3n) is 3.95. The van der Waals surface area contributed by atoms with Gasteiger partial charge in [0.1, 0.15) is 0 Å². The summed E-state index contributed by atoms with van der Waals surface area (Å²) in [6, 6.07) is 12.2. The molecule has 0 saturated carbocycles. The summed E-state index contributed by atoms with van der Waals surface area (Å²) in [5.41, 5.74) is -0.293. The normalized spacial score (nSPS) is 10.7. The van der Waals surface area contributed by atoms with Gasteiger partial charge in [-0.25, -0.2) is 0 Å². The van der Waals surface area contributed by atoms with Crippen molar-refractivity contribution in [2.24, 2.45) is 0 Å². The van der Waals surface area contributed by atoms with Crippen molar-refractivity contribution >= 4 is 34.8 Å². The average molecular weight is 407 g/mol. The number of anilines is 1. The van der Waals surface area contributed by atoms with E-state index in [9.17, 15) is 29.8 Å². The molecule has 150 valence electrons. The summed E-state index contributed by atoms with van der Waals surface area (Å²) >= 11 is 0. The molecule has 1 aromatic heterocycles. The number of benzene rings is 2. The van der Waals surface area contributed by atoms with Crippen molar-refractivity contribution in [3.05, 3.63) is 104 Å². The molecule has 0 bridgehead atoms. The van der Waals surface area contributed by atoms with E-state index in [1.165, 1.54) is 12.3 Å². The summed E-state index contributed by atoms with van der Waals surface area (Å²) < 4.78 is 5.00. The van der Waals surface area contributed by atoms with Gasteiger partial charge in [-0.15, -0.1) is 0 Å². The maximum atomic E-state index is 12.4. The molecule has 2 aromatic carbocycles. The molecular weight excluding hydrogens is 394 g/mol. The van der Waals surface area contributed by atoms with Crippen molar-refractivity contribution in [2.75, 3.05) is 5.32 Å². The summed E-state index contributed by atoms with van der Waals surface area (Å²) in [6.07, 6.45) is 4.31. The minimum absolute atomic E-state index is 0.209. The summed E-state index contributed by atoms with van der Waals surface area (Å²) in [7, 11) is 0. The molecule has 0 aliphatic carbocycles. The van der Waals surface area contributed by atoms with Gasteiger partial charge in [0.2, 0.25) is 5.78 Å². The Hall–Kier alpha value is -4.60. The Labute approximate surface area is 168 Å². The molecule has 3 aromatic rings. The van der Waals surface area contributed by atoms with Crippen LogP contribution in [0.3, 0.4) is 0 Å². The van der Waals surface area contributed by atoms with Crippen LogP contribution in [-0.4, -0.2) is 21.5 Å². The maximum Gasteiger partial charge on any atom is 0.277 e. The number of non-ortho nitro benzene ring substituents is 2. The SMILES string of the molecule is O=C(Nc1ccc(C=CC(=O)c2ccco2)cc1)c1cc([N+](=O)[O-])cc([N+](=O)[O-])c1. The van der Waals surface area contributed by atoms with Gasteiger partial charge in [-0.3, -0.25) is 29.8 Å². The Kier molecular flexibility index (Phi) is 5.78. The van der Waals surface area contributed by atoms with Crippen LogP contribution in [0.15, 0.2) is 71.4 Å². The van der Waals surface area contributed by atoms with E-state index < -0.39 is 27.1 Å². The highest BCUT2D eigenvalue weighted by molar-refractivity contribution is 6.06. The lowest BCUT2D eigenvalue weighted by atomic mass is 10.1. The topological polar surface area (TPSA) is 146 Å². The lowest BCUT2D eigenvalue weighted by molar-refractivity contribution is -0.394. The molecule has 10 heteroatoms. The van der Waals surface area contributed by atoms with Gasteiger partial charge >= 0.3 is 0 Å². The molecule has 0 atom stereocenters. The minimum atomic E-state index is -0.811. The van der Waals surface area contributed by atoms with Gasteiger partial charge in [-0.05, 0) is 35.9 Å². The highest BCUT2D eigenvalue weighted by Crippen LogP contribution is 2.23. The van der Waals surface area contributed by atoms with Gasteiger partial charge in [-0.2, -0.15) is 0 Å². The predicted molar refractivity (Wildman–Crippen MR) is 106 cm³/mol. The van der Waals surface area contributed by atoms with Crippen molar-refractivity contribution in [3.8, 4) is 0 Å². The molecule has 10 nitrogen and oxygen atoms in total. The fourth-order valence-corrected chi connectivity index (χ4v) is 2.49. The zero-order valence-corrected chi connectivity index (χ0v) is 15.2. The largest absolute Gasteiger partial charge is 0.461 e. The molecule has 0 aliphatic heterocycles. The highest BCUT2D eigenvalue weighted by atomic mass is 16.6. The molecule has 0 aliphatic rings. The molecule has 1 N–H and O–H groups in total. The van der Waals surface area contributed by atoms with E-state index in [4.69, 9.17) is 4.42 Å². The second-order valence-electron chi connectivity index (χ2n) is 6.00. The Balaban J connectivity index is 1.72. The monoisotopic (exact) mass is 407 g/mol. The summed E-state index contributed by atoms with van der Waals surface area (Å²) in [5.74, 6) is -0.830. The number of nitrogens with one attached hydrogen (secondary N) is 1. The minimum Gasteiger partial charge on any atom is -0.461 e. The van der Waals surface area contributed by atoms with Gasteiger partial charge in [0, 0.05) is 17.8 Å². The van der Waals surface area contributed by atoms with Gasteiger partial charge in [0.05, 0.1) is 27.7 Å². The molecule has 0 saturated heterocycles. The number of rotatable bonds is 7. The fraction of sp³-hybridized carbons (Fsp3) is 0. The van der Waals surface area contributed by atoms with Gasteiger partial charge in [0.25, 0.3) is 17.3 Å². The first-order valence-corrected chi connectivity index (χ1v) is 8.45. The van der Waals surface area contributed by atoms with Crippen LogP contribution >= 0.6 is 0 Å². The summed E-state index contributed by atoms with van der Waals surface area (Å²) in [5, 5.41) is 24.4. The number of hydrogen-bond donors (Lipinski definition) is 1. The Morgan fingerprint density at radius 3 is 2.10 bits per heavy atom. The molecule has 3 rings (SSSR count). The van der Waals surface area contributed by atoms with E-state index in [1.54, 1.807) is 42.5 Å². The van der Waals surface area contributed by atoms with Crippen LogP contribution in [0, 0.1) is 20.2 Å². The first kappa shape index (κ1) is 20.1. The van der Waals surface area contributed by atoms with Crippen LogP contribution in [0.4, 0.5) is 17.1 Å². The molecule has 0 radical (unpaired) electrons. The number of nitro benzene ring substituents is 2. The van der Waals surface area contributed by atoms with E-state index in [1.807, 2.05) is 0 Å². The van der Waals surface area contributed by atoms with Crippen LogP contribution in [0.2, 0.25) is 0 Å². The lowest BCUT2D eigenvalue weighted by Gasteiger charge is -2.06. The number of furan rings is 1. The molecule has 30 heavy (non-hydrogen) atoms. The summed E-state index contributed by atoms with van der Waals surface area (Å²) in [6.45, 7) is 0. The van der Waals surface area contributed by atoms with E-state index in [0.29, 0.717) is 11.3 Å². The molecule has 1 heterocycles. The Morgan fingerprint density at radius 2 is 1.57 bits per heavy atom.